The number of hydrogen-bond donors (Lipinski definition) is 1. The van der Waals surface area contributed by atoms with Crippen LogP contribution >= 0.6 is 0 Å². The summed E-state index contributed by atoms with van der Waals surface area (Å²) in [5.74, 6) is -0.490. The number of carbonyl (C=O) groups is 1. The molecule has 1 fully saturated rings. The summed E-state index contributed by atoms with van der Waals surface area (Å²) < 4.78 is 24.0. The predicted molar refractivity (Wildman–Crippen MR) is 84.1 cm³/mol. The summed E-state index contributed by atoms with van der Waals surface area (Å²) in [6, 6.07) is 4.69. The smallest absolute Gasteiger partial charge is 0.410 e. The van der Waals surface area contributed by atoms with Crippen molar-refractivity contribution in [1.82, 2.24) is 4.90 Å². The Kier molecular flexibility index (Phi) is 5.14. The summed E-state index contributed by atoms with van der Waals surface area (Å²) in [5.41, 5.74) is 0.137. The van der Waals surface area contributed by atoms with E-state index in [-0.39, 0.29) is 18.2 Å². The molecule has 0 spiro atoms. The van der Waals surface area contributed by atoms with Crippen molar-refractivity contribution in [3.05, 3.63) is 29.6 Å². The Bertz CT molecular complexity index is 570. The zero-order chi connectivity index (χ0) is 17.2. The lowest BCUT2D eigenvalue weighted by Crippen LogP contribution is -2.47. The van der Waals surface area contributed by atoms with Gasteiger partial charge in [0.05, 0.1) is 19.8 Å². The average Bonchev–Trinajstić information content (AvgIpc) is 2.45. The number of piperidine rings is 1. The number of rotatable bonds is 2. The van der Waals surface area contributed by atoms with Crippen LogP contribution in [0.2, 0.25) is 0 Å². The Morgan fingerprint density at radius 3 is 2.61 bits per heavy atom. The van der Waals surface area contributed by atoms with Gasteiger partial charge in [0, 0.05) is 12.5 Å². The fourth-order valence-corrected chi connectivity index (χ4v) is 2.73. The number of hydrogen-bond acceptors (Lipinski definition) is 4. The number of nitrogens with zero attached hydrogens (tertiary/aromatic N) is 1. The number of methoxy groups -OCH3 is 1. The quantitative estimate of drug-likeness (QED) is 0.908. The molecule has 23 heavy (non-hydrogen) atoms. The molecule has 1 heterocycles. The first-order valence-corrected chi connectivity index (χ1v) is 7.70. The van der Waals surface area contributed by atoms with Crippen LogP contribution in [0.4, 0.5) is 9.18 Å². The van der Waals surface area contributed by atoms with Gasteiger partial charge in [0.15, 0.2) is 11.6 Å². The number of β-amino-alcohol motifs (C(OH)–C–C–N with tert-alkyl or cyclic N) is 1. The highest BCUT2D eigenvalue weighted by Crippen LogP contribution is 2.31. The molecule has 0 saturated carbocycles. The molecule has 5 nitrogen and oxygen atoms in total. The van der Waals surface area contributed by atoms with Crippen molar-refractivity contribution >= 4 is 6.09 Å². The van der Waals surface area contributed by atoms with E-state index in [1.165, 1.54) is 18.1 Å². The van der Waals surface area contributed by atoms with Crippen LogP contribution in [-0.2, 0) is 4.74 Å². The van der Waals surface area contributed by atoms with E-state index in [2.05, 4.69) is 0 Å². The molecular weight excluding hydrogens is 301 g/mol. The summed E-state index contributed by atoms with van der Waals surface area (Å²) in [6.07, 6.45) is -0.647. The number of aliphatic hydroxyl groups excluding tert-OH is 1. The summed E-state index contributed by atoms with van der Waals surface area (Å²) >= 11 is 0. The number of amides is 1. The van der Waals surface area contributed by atoms with Crippen molar-refractivity contribution in [1.29, 1.82) is 0 Å². The molecule has 6 heteroatoms. The fourth-order valence-electron chi connectivity index (χ4n) is 2.73. The molecular formula is C17H24FNO4. The molecule has 1 N–H and O–H groups in total. The van der Waals surface area contributed by atoms with Crippen molar-refractivity contribution in [2.45, 2.75) is 44.8 Å². The van der Waals surface area contributed by atoms with Crippen LogP contribution in [0, 0.1) is 5.82 Å². The molecule has 1 aliphatic heterocycles. The molecule has 0 aliphatic carbocycles. The van der Waals surface area contributed by atoms with Crippen LogP contribution in [-0.4, -0.2) is 48.0 Å². The molecule has 2 rings (SSSR count). The second-order valence-electron chi connectivity index (χ2n) is 6.78. The highest BCUT2D eigenvalue weighted by atomic mass is 19.1. The monoisotopic (exact) mass is 325 g/mol. The van der Waals surface area contributed by atoms with Crippen LogP contribution in [0.3, 0.4) is 0 Å². The molecule has 1 amide bonds. The number of benzene rings is 1. The van der Waals surface area contributed by atoms with Gasteiger partial charge >= 0.3 is 6.09 Å². The number of ether oxygens (including phenoxy) is 2. The van der Waals surface area contributed by atoms with Crippen molar-refractivity contribution < 1.29 is 23.8 Å². The molecule has 128 valence electrons. The molecule has 1 aliphatic rings. The largest absolute Gasteiger partial charge is 0.494 e. The minimum Gasteiger partial charge on any atom is -0.494 e. The van der Waals surface area contributed by atoms with Crippen molar-refractivity contribution in [3.8, 4) is 5.75 Å². The maximum atomic E-state index is 13.8. The Morgan fingerprint density at radius 2 is 2.09 bits per heavy atom. The zero-order valence-corrected chi connectivity index (χ0v) is 14.0. The van der Waals surface area contributed by atoms with Gasteiger partial charge in [-0.3, -0.25) is 0 Å². The van der Waals surface area contributed by atoms with Gasteiger partial charge in [-0.05, 0) is 44.9 Å². The van der Waals surface area contributed by atoms with Gasteiger partial charge in [-0.2, -0.15) is 0 Å². The van der Waals surface area contributed by atoms with Crippen LogP contribution in [0.1, 0.15) is 38.7 Å². The normalized spacial score (nSPS) is 21.9. The zero-order valence-electron chi connectivity index (χ0n) is 14.0. The third-order valence-electron chi connectivity index (χ3n) is 3.84. The molecule has 2 atom stereocenters. The van der Waals surface area contributed by atoms with Crippen molar-refractivity contribution in [2.75, 3.05) is 20.2 Å². The molecule has 1 aromatic carbocycles. The maximum absolute atomic E-state index is 13.8. The van der Waals surface area contributed by atoms with Crippen LogP contribution in [0.25, 0.3) is 0 Å². The van der Waals surface area contributed by atoms with Gasteiger partial charge in [0.2, 0.25) is 0 Å². The summed E-state index contributed by atoms with van der Waals surface area (Å²) in [5, 5.41) is 10.4. The summed E-state index contributed by atoms with van der Waals surface area (Å²) in [6.45, 7) is 6.04. The van der Waals surface area contributed by atoms with Crippen molar-refractivity contribution in [3.63, 3.8) is 0 Å². The lowest BCUT2D eigenvalue weighted by atomic mass is 9.87. The predicted octanol–water partition coefficient (Wildman–Crippen LogP) is 2.92. The van der Waals surface area contributed by atoms with Crippen LogP contribution < -0.4 is 4.74 Å². The van der Waals surface area contributed by atoms with Gasteiger partial charge < -0.3 is 19.5 Å². The minimum absolute atomic E-state index is 0.174. The number of aliphatic hydroxyl groups is 1. The highest BCUT2D eigenvalue weighted by Gasteiger charge is 2.33. The van der Waals surface area contributed by atoms with E-state index >= 15 is 0 Å². The second-order valence-corrected chi connectivity index (χ2v) is 6.78. The fraction of sp³-hybridized carbons (Fsp3) is 0.588. The average molecular weight is 325 g/mol. The third-order valence-corrected chi connectivity index (χ3v) is 3.84. The van der Waals surface area contributed by atoms with E-state index in [4.69, 9.17) is 9.47 Å². The first kappa shape index (κ1) is 17.5. The lowest BCUT2D eigenvalue weighted by molar-refractivity contribution is -0.00155. The van der Waals surface area contributed by atoms with Crippen LogP contribution in [0.15, 0.2) is 18.2 Å². The molecule has 0 aromatic heterocycles. The van der Waals surface area contributed by atoms with Gasteiger partial charge in [0.1, 0.15) is 5.60 Å². The lowest BCUT2D eigenvalue weighted by Gasteiger charge is -2.37. The van der Waals surface area contributed by atoms with E-state index in [1.54, 1.807) is 32.9 Å². The molecule has 0 bridgehead atoms. The van der Waals surface area contributed by atoms with Crippen LogP contribution in [0.5, 0.6) is 5.75 Å². The van der Waals surface area contributed by atoms with Crippen molar-refractivity contribution in [2.24, 2.45) is 0 Å². The Balaban J connectivity index is 2.04. The van der Waals surface area contributed by atoms with E-state index in [0.29, 0.717) is 18.5 Å². The Hall–Kier alpha value is -1.82. The first-order valence-electron chi connectivity index (χ1n) is 7.70. The van der Waals surface area contributed by atoms with Gasteiger partial charge in [-0.25, -0.2) is 9.18 Å². The van der Waals surface area contributed by atoms with Gasteiger partial charge in [-0.15, -0.1) is 0 Å². The molecule has 0 unspecified atom stereocenters. The molecule has 1 saturated heterocycles. The number of likely N-dealkylation sites (tertiary alicyclic amines) is 1. The Morgan fingerprint density at radius 1 is 1.39 bits per heavy atom. The van der Waals surface area contributed by atoms with Gasteiger partial charge in [-0.1, -0.05) is 6.07 Å². The number of carbonyl (C=O) groups excluding carboxylic acids is 1. The number of halogens is 1. The Labute approximate surface area is 136 Å². The highest BCUT2D eigenvalue weighted by molar-refractivity contribution is 5.68. The van der Waals surface area contributed by atoms with E-state index in [9.17, 15) is 14.3 Å². The topological polar surface area (TPSA) is 59.0 Å². The summed E-state index contributed by atoms with van der Waals surface area (Å²) in [4.78, 5) is 13.5. The maximum Gasteiger partial charge on any atom is 0.410 e. The van der Waals surface area contributed by atoms with Gasteiger partial charge in [0.25, 0.3) is 0 Å². The molecule has 1 aromatic rings. The minimum atomic E-state index is -0.760. The first-order chi connectivity index (χ1) is 10.7. The second kappa shape index (κ2) is 6.74. The SMILES string of the molecule is COc1ccc([C@@H]2CCN(C(=O)OC(C)(C)C)C[C@@H]2O)cc1F. The molecule has 0 radical (unpaired) electrons. The standard InChI is InChI=1S/C17H24FNO4/c1-17(2,3)23-16(21)19-8-7-12(14(20)10-19)11-5-6-15(22-4)13(18)9-11/h5-6,9,12,14,20H,7-8,10H2,1-4H3/t12-,14-/m0/s1. The van der Waals surface area contributed by atoms with E-state index < -0.39 is 23.6 Å². The van der Waals surface area contributed by atoms with E-state index in [1.807, 2.05) is 0 Å². The summed E-state index contributed by atoms with van der Waals surface area (Å²) in [7, 11) is 1.41. The third kappa shape index (κ3) is 4.34. The van der Waals surface area contributed by atoms with E-state index in [0.717, 1.165) is 0 Å².